The van der Waals surface area contributed by atoms with E-state index >= 15 is 0 Å². The van der Waals surface area contributed by atoms with E-state index in [1.807, 2.05) is 0 Å². The van der Waals surface area contributed by atoms with E-state index in [9.17, 15) is 5.11 Å². The normalized spacial score (nSPS) is 44.0. The molecule has 0 amide bonds. The van der Waals surface area contributed by atoms with Crippen molar-refractivity contribution in [2.45, 2.75) is 25.5 Å². The van der Waals surface area contributed by atoms with Crippen molar-refractivity contribution in [1.29, 1.82) is 0 Å². The summed E-state index contributed by atoms with van der Waals surface area (Å²) in [6, 6.07) is 0.384. The third-order valence-corrected chi connectivity index (χ3v) is 3.08. The summed E-state index contributed by atoms with van der Waals surface area (Å²) >= 11 is 0. The molecule has 70 valence electrons. The van der Waals surface area contributed by atoms with Crippen molar-refractivity contribution < 1.29 is 5.11 Å². The van der Waals surface area contributed by atoms with Crippen LogP contribution >= 0.6 is 0 Å². The molecular weight excluding hydrogens is 152 g/mol. The largest absolute Gasteiger partial charge is 0.390 e. The molecule has 0 saturated carbocycles. The molecule has 0 spiro atoms. The Bertz CT molecular complexity index is 163. The molecule has 3 atom stereocenters. The maximum absolute atomic E-state index is 9.63. The van der Waals surface area contributed by atoms with Crippen LogP contribution < -0.4 is 5.32 Å². The maximum atomic E-state index is 9.63. The highest BCUT2D eigenvalue weighted by Crippen LogP contribution is 2.20. The molecule has 3 heteroatoms. The van der Waals surface area contributed by atoms with Crippen LogP contribution in [0.2, 0.25) is 0 Å². The van der Waals surface area contributed by atoms with Gasteiger partial charge < -0.3 is 10.4 Å². The predicted octanol–water partition coefficient (Wildman–Crippen LogP) is -0.339. The van der Waals surface area contributed by atoms with Gasteiger partial charge in [0, 0.05) is 25.7 Å². The molecule has 12 heavy (non-hydrogen) atoms. The first-order valence-electron chi connectivity index (χ1n) is 4.90. The van der Waals surface area contributed by atoms with E-state index in [1.54, 1.807) is 0 Å². The second-order valence-electron chi connectivity index (χ2n) is 4.18. The summed E-state index contributed by atoms with van der Waals surface area (Å²) in [6.07, 6.45) is 1.15. The van der Waals surface area contributed by atoms with Gasteiger partial charge >= 0.3 is 0 Å². The van der Waals surface area contributed by atoms with Crippen LogP contribution in [-0.2, 0) is 0 Å². The summed E-state index contributed by atoms with van der Waals surface area (Å²) in [5.41, 5.74) is 0. The van der Waals surface area contributed by atoms with E-state index < -0.39 is 0 Å². The molecule has 3 unspecified atom stereocenters. The van der Waals surface area contributed by atoms with Gasteiger partial charge in [-0.2, -0.15) is 0 Å². The number of β-amino-alcohol motifs (C(OH)–C–C–N with tert-alkyl or cyclic N) is 1. The minimum Gasteiger partial charge on any atom is -0.390 e. The zero-order valence-electron chi connectivity index (χ0n) is 7.66. The van der Waals surface area contributed by atoms with Gasteiger partial charge in [0.15, 0.2) is 0 Å². The zero-order chi connectivity index (χ0) is 8.55. The average molecular weight is 170 g/mol. The molecule has 2 saturated heterocycles. The second kappa shape index (κ2) is 3.32. The number of aliphatic hydroxyl groups is 1. The smallest absolute Gasteiger partial charge is 0.0831 e. The van der Waals surface area contributed by atoms with Crippen LogP contribution in [0, 0.1) is 5.92 Å². The van der Waals surface area contributed by atoms with Gasteiger partial charge in [-0.1, -0.05) is 6.92 Å². The summed E-state index contributed by atoms with van der Waals surface area (Å²) < 4.78 is 0. The molecule has 2 rings (SSSR count). The number of likely N-dealkylation sites (tertiary alicyclic amines) is 1. The van der Waals surface area contributed by atoms with Crippen molar-refractivity contribution in [3.63, 3.8) is 0 Å². The van der Waals surface area contributed by atoms with Gasteiger partial charge in [-0.25, -0.2) is 0 Å². The standard InChI is InChI=1S/C9H18N2O/c1-7-2-3-11(6-7)8-4-10-5-9(8)12/h7-10,12H,2-6H2,1H3. The Morgan fingerprint density at radius 2 is 2.25 bits per heavy atom. The van der Waals surface area contributed by atoms with Gasteiger partial charge in [0.25, 0.3) is 0 Å². The second-order valence-corrected chi connectivity index (χ2v) is 4.18. The van der Waals surface area contributed by atoms with Gasteiger partial charge in [0.2, 0.25) is 0 Å². The molecule has 0 aromatic carbocycles. The van der Waals surface area contributed by atoms with Crippen LogP contribution in [0.1, 0.15) is 13.3 Å². The fourth-order valence-corrected chi connectivity index (χ4v) is 2.29. The van der Waals surface area contributed by atoms with Crippen molar-refractivity contribution in [1.82, 2.24) is 10.2 Å². The maximum Gasteiger partial charge on any atom is 0.0831 e. The van der Waals surface area contributed by atoms with E-state index in [4.69, 9.17) is 0 Å². The van der Waals surface area contributed by atoms with Crippen molar-refractivity contribution in [3.8, 4) is 0 Å². The number of hydrogen-bond acceptors (Lipinski definition) is 3. The van der Waals surface area contributed by atoms with Crippen molar-refractivity contribution in [2.24, 2.45) is 5.92 Å². The molecule has 0 radical (unpaired) electrons. The highest BCUT2D eigenvalue weighted by molar-refractivity contribution is 4.91. The number of hydrogen-bond donors (Lipinski definition) is 2. The van der Waals surface area contributed by atoms with Crippen molar-refractivity contribution >= 4 is 0 Å². The molecule has 2 aliphatic rings. The molecule has 2 aliphatic heterocycles. The highest BCUT2D eigenvalue weighted by Gasteiger charge is 2.33. The molecular formula is C9H18N2O. The lowest BCUT2D eigenvalue weighted by Gasteiger charge is -2.25. The topological polar surface area (TPSA) is 35.5 Å². The minimum absolute atomic E-state index is 0.143. The number of rotatable bonds is 1. The molecule has 3 nitrogen and oxygen atoms in total. The van der Waals surface area contributed by atoms with Gasteiger partial charge in [0.1, 0.15) is 0 Å². The fourth-order valence-electron chi connectivity index (χ4n) is 2.29. The third kappa shape index (κ3) is 1.49. The Labute approximate surface area is 73.8 Å². The first-order valence-corrected chi connectivity index (χ1v) is 4.90. The van der Waals surface area contributed by atoms with Crippen LogP contribution in [0.25, 0.3) is 0 Å². The molecule has 0 aromatic rings. The predicted molar refractivity (Wildman–Crippen MR) is 48.0 cm³/mol. The number of nitrogens with one attached hydrogen (secondary N) is 1. The molecule has 0 aromatic heterocycles. The summed E-state index contributed by atoms with van der Waals surface area (Å²) in [7, 11) is 0. The Morgan fingerprint density at radius 1 is 1.42 bits per heavy atom. The molecule has 0 bridgehead atoms. The Hall–Kier alpha value is -0.120. The van der Waals surface area contributed by atoms with Crippen molar-refractivity contribution in [3.05, 3.63) is 0 Å². The lowest BCUT2D eigenvalue weighted by Crippen LogP contribution is -2.41. The van der Waals surface area contributed by atoms with Crippen LogP contribution in [0.15, 0.2) is 0 Å². The van der Waals surface area contributed by atoms with Gasteiger partial charge in [-0.05, 0) is 18.9 Å². The summed E-state index contributed by atoms with van der Waals surface area (Å²) in [5.74, 6) is 0.817. The highest BCUT2D eigenvalue weighted by atomic mass is 16.3. The van der Waals surface area contributed by atoms with E-state index in [1.165, 1.54) is 19.5 Å². The zero-order valence-corrected chi connectivity index (χ0v) is 7.66. The third-order valence-electron chi connectivity index (χ3n) is 3.08. The summed E-state index contributed by atoms with van der Waals surface area (Å²) in [6.45, 7) is 6.37. The number of aliphatic hydroxyl groups excluding tert-OH is 1. The van der Waals surface area contributed by atoms with E-state index in [0.717, 1.165) is 19.0 Å². The van der Waals surface area contributed by atoms with Gasteiger partial charge in [0.05, 0.1) is 6.10 Å². The van der Waals surface area contributed by atoms with Gasteiger partial charge in [-0.15, -0.1) is 0 Å². The van der Waals surface area contributed by atoms with E-state index in [-0.39, 0.29) is 6.10 Å². The minimum atomic E-state index is -0.143. The van der Waals surface area contributed by atoms with Crippen LogP contribution in [0.5, 0.6) is 0 Å². The molecule has 2 fully saturated rings. The monoisotopic (exact) mass is 170 g/mol. The van der Waals surface area contributed by atoms with Crippen molar-refractivity contribution in [2.75, 3.05) is 26.2 Å². The molecule has 0 aliphatic carbocycles. The summed E-state index contributed by atoms with van der Waals surface area (Å²) in [4.78, 5) is 2.43. The summed E-state index contributed by atoms with van der Waals surface area (Å²) in [5, 5.41) is 12.9. The van der Waals surface area contributed by atoms with Crippen LogP contribution in [0.3, 0.4) is 0 Å². The first-order chi connectivity index (χ1) is 5.77. The Morgan fingerprint density at radius 3 is 2.75 bits per heavy atom. The lowest BCUT2D eigenvalue weighted by atomic mass is 10.1. The Balaban J connectivity index is 1.91. The lowest BCUT2D eigenvalue weighted by molar-refractivity contribution is 0.0966. The quantitative estimate of drug-likeness (QED) is 0.565. The van der Waals surface area contributed by atoms with Crippen LogP contribution in [0.4, 0.5) is 0 Å². The molecule has 2 heterocycles. The fraction of sp³-hybridized carbons (Fsp3) is 1.00. The molecule has 2 N–H and O–H groups in total. The SMILES string of the molecule is CC1CCN(C2CNCC2O)C1. The van der Waals surface area contributed by atoms with E-state index in [2.05, 4.69) is 17.1 Å². The first kappa shape index (κ1) is 8.48. The average Bonchev–Trinajstić information content (AvgIpc) is 2.58. The van der Waals surface area contributed by atoms with Gasteiger partial charge in [-0.3, -0.25) is 4.90 Å². The Kier molecular flexibility index (Phi) is 2.35. The van der Waals surface area contributed by atoms with Crippen LogP contribution in [-0.4, -0.2) is 48.3 Å². The van der Waals surface area contributed by atoms with E-state index in [0.29, 0.717) is 6.04 Å². The number of nitrogens with zero attached hydrogens (tertiary/aromatic N) is 1.